The third-order valence-corrected chi connectivity index (χ3v) is 6.92. The van der Waals surface area contributed by atoms with Gasteiger partial charge in [0.15, 0.2) is 5.96 Å². The predicted molar refractivity (Wildman–Crippen MR) is 153 cm³/mol. The SMILES string of the molecule is Cl.O=C(O)CC(c1cccc2occc12)N1Cc2ccc(NC(=O)c3ccc(NC4=NCCN4)cc3)cc2C1=O. The third-order valence-electron chi connectivity index (χ3n) is 6.92. The topological polar surface area (TPSA) is 136 Å². The number of furan rings is 1. The first-order chi connectivity index (χ1) is 19.0. The number of aliphatic imine (C=N–C) groups is 1. The number of carboxylic acids is 1. The first-order valence-electron chi connectivity index (χ1n) is 12.5. The van der Waals surface area contributed by atoms with E-state index in [0.717, 1.165) is 29.7 Å². The zero-order valence-corrected chi connectivity index (χ0v) is 22.0. The minimum Gasteiger partial charge on any atom is -0.481 e. The Labute approximate surface area is 235 Å². The summed E-state index contributed by atoms with van der Waals surface area (Å²) in [4.78, 5) is 44.1. The van der Waals surface area contributed by atoms with E-state index in [4.69, 9.17) is 4.42 Å². The molecule has 2 aliphatic heterocycles. The number of nitrogens with one attached hydrogen (secondary N) is 3. The predicted octanol–water partition coefficient (Wildman–Crippen LogP) is 4.65. The van der Waals surface area contributed by atoms with Crippen LogP contribution in [0.4, 0.5) is 11.4 Å². The van der Waals surface area contributed by atoms with Gasteiger partial charge in [0.1, 0.15) is 5.58 Å². The van der Waals surface area contributed by atoms with Crippen molar-refractivity contribution < 1.29 is 23.9 Å². The summed E-state index contributed by atoms with van der Waals surface area (Å²) in [7, 11) is 0. The Morgan fingerprint density at radius 2 is 1.88 bits per heavy atom. The van der Waals surface area contributed by atoms with Crippen molar-refractivity contribution in [3.63, 3.8) is 0 Å². The normalized spacial score (nSPS) is 14.7. The van der Waals surface area contributed by atoms with Crippen molar-refractivity contribution >= 4 is 58.5 Å². The van der Waals surface area contributed by atoms with Crippen LogP contribution in [-0.4, -0.2) is 46.8 Å². The summed E-state index contributed by atoms with van der Waals surface area (Å²) in [6, 6.07) is 18.7. The molecule has 1 atom stereocenters. The van der Waals surface area contributed by atoms with E-state index >= 15 is 0 Å². The summed E-state index contributed by atoms with van der Waals surface area (Å²) >= 11 is 0. The summed E-state index contributed by atoms with van der Waals surface area (Å²) in [5.74, 6) is -0.899. The molecule has 3 heterocycles. The van der Waals surface area contributed by atoms with E-state index in [1.165, 1.54) is 0 Å². The fourth-order valence-corrected chi connectivity index (χ4v) is 5.04. The Morgan fingerprint density at radius 1 is 1.07 bits per heavy atom. The van der Waals surface area contributed by atoms with Crippen LogP contribution in [0.5, 0.6) is 0 Å². The highest BCUT2D eigenvalue weighted by molar-refractivity contribution is 6.06. The van der Waals surface area contributed by atoms with Crippen LogP contribution in [0.3, 0.4) is 0 Å². The molecule has 0 aliphatic carbocycles. The zero-order valence-electron chi connectivity index (χ0n) is 21.2. The molecule has 0 radical (unpaired) electrons. The first-order valence-corrected chi connectivity index (χ1v) is 12.5. The lowest BCUT2D eigenvalue weighted by Crippen LogP contribution is -2.31. The second kappa shape index (κ2) is 11.1. The van der Waals surface area contributed by atoms with E-state index in [2.05, 4.69) is 20.9 Å². The third kappa shape index (κ3) is 5.21. The van der Waals surface area contributed by atoms with E-state index in [0.29, 0.717) is 33.9 Å². The lowest BCUT2D eigenvalue weighted by molar-refractivity contribution is -0.138. The number of hydrogen-bond donors (Lipinski definition) is 4. The minimum absolute atomic E-state index is 0. The molecule has 0 fully saturated rings. The quantitative estimate of drug-likeness (QED) is 0.259. The molecule has 11 heteroatoms. The molecular formula is C29H26ClN5O5. The Bertz CT molecular complexity index is 1630. The van der Waals surface area contributed by atoms with Crippen molar-refractivity contribution in [1.82, 2.24) is 10.2 Å². The number of benzene rings is 3. The lowest BCUT2D eigenvalue weighted by Gasteiger charge is -2.27. The van der Waals surface area contributed by atoms with E-state index in [1.54, 1.807) is 71.8 Å². The van der Waals surface area contributed by atoms with Crippen LogP contribution in [-0.2, 0) is 11.3 Å². The fraction of sp³-hybridized carbons (Fsp3) is 0.172. The van der Waals surface area contributed by atoms with Crippen molar-refractivity contribution in [3.8, 4) is 0 Å². The summed E-state index contributed by atoms with van der Waals surface area (Å²) < 4.78 is 5.49. The van der Waals surface area contributed by atoms with E-state index < -0.39 is 12.0 Å². The molecule has 0 bridgehead atoms. The highest BCUT2D eigenvalue weighted by Gasteiger charge is 2.35. The van der Waals surface area contributed by atoms with Gasteiger partial charge in [-0.3, -0.25) is 19.4 Å². The average molecular weight is 560 g/mol. The number of nitrogens with zero attached hydrogens (tertiary/aromatic N) is 2. The monoisotopic (exact) mass is 559 g/mol. The van der Waals surface area contributed by atoms with Gasteiger partial charge in [-0.25, -0.2) is 0 Å². The largest absolute Gasteiger partial charge is 0.481 e. The van der Waals surface area contributed by atoms with Crippen molar-refractivity contribution in [1.29, 1.82) is 0 Å². The van der Waals surface area contributed by atoms with Gasteiger partial charge in [-0.1, -0.05) is 18.2 Å². The van der Waals surface area contributed by atoms with Gasteiger partial charge in [0.25, 0.3) is 11.8 Å². The molecule has 2 aliphatic rings. The Hall–Kier alpha value is -4.83. The smallest absolute Gasteiger partial charge is 0.305 e. The molecule has 4 aromatic rings. The maximum atomic E-state index is 13.5. The number of hydrogen-bond acceptors (Lipinski definition) is 7. The number of halogens is 1. The van der Waals surface area contributed by atoms with Crippen LogP contribution in [0.1, 0.15) is 44.3 Å². The number of carbonyl (C=O) groups excluding carboxylic acids is 2. The van der Waals surface area contributed by atoms with Crippen LogP contribution in [0.25, 0.3) is 11.0 Å². The summed E-state index contributed by atoms with van der Waals surface area (Å²) in [5, 5.41) is 19.6. The van der Waals surface area contributed by atoms with E-state index in [1.807, 2.05) is 6.07 Å². The van der Waals surface area contributed by atoms with Gasteiger partial charge in [0.2, 0.25) is 0 Å². The molecule has 4 N–H and O–H groups in total. The number of fused-ring (bicyclic) bond motifs is 2. The first kappa shape index (κ1) is 26.8. The zero-order chi connectivity index (χ0) is 26.9. The van der Waals surface area contributed by atoms with Crippen molar-refractivity contribution in [3.05, 3.63) is 95.2 Å². The number of carbonyl (C=O) groups is 3. The van der Waals surface area contributed by atoms with Crippen LogP contribution >= 0.6 is 12.4 Å². The molecule has 1 unspecified atom stereocenters. The molecule has 1 aromatic heterocycles. The standard InChI is InChI=1S/C29H25N5O5.ClH/c35-26(36)15-24(21-2-1-3-25-22(21)10-13-39-25)34-16-18-6-9-20(14-23(18)28(34)38)32-27(37)17-4-7-19(8-5-17)33-29-30-11-12-31-29;/h1-10,13-14,24H,11-12,15-16H2,(H,32,37)(H,35,36)(H2,30,31,33);1H. The molecule has 0 saturated heterocycles. The number of rotatable bonds is 7. The molecule has 0 saturated carbocycles. The van der Waals surface area contributed by atoms with Gasteiger partial charge in [0, 0.05) is 41.0 Å². The van der Waals surface area contributed by atoms with Crippen LogP contribution in [0.15, 0.2) is 82.4 Å². The highest BCUT2D eigenvalue weighted by atomic mass is 35.5. The molecule has 6 rings (SSSR count). The Balaban J connectivity index is 0.00000323. The Kier molecular flexibility index (Phi) is 7.43. The van der Waals surface area contributed by atoms with Crippen molar-refractivity contribution in [2.45, 2.75) is 19.0 Å². The summed E-state index contributed by atoms with van der Waals surface area (Å²) in [6.45, 7) is 1.79. The molecule has 204 valence electrons. The second-order valence-corrected chi connectivity index (χ2v) is 9.41. The maximum Gasteiger partial charge on any atom is 0.305 e. The number of amides is 2. The van der Waals surface area contributed by atoms with Gasteiger partial charge in [0.05, 0.1) is 25.3 Å². The van der Waals surface area contributed by atoms with E-state index in [-0.39, 0.29) is 37.2 Å². The molecule has 3 aromatic carbocycles. The molecule has 2 amide bonds. The number of carboxylic acid groups (broad SMARTS) is 1. The van der Waals surface area contributed by atoms with Gasteiger partial charge in [-0.15, -0.1) is 12.4 Å². The van der Waals surface area contributed by atoms with Gasteiger partial charge < -0.3 is 30.4 Å². The van der Waals surface area contributed by atoms with Crippen LogP contribution < -0.4 is 16.0 Å². The van der Waals surface area contributed by atoms with Crippen molar-refractivity contribution in [2.24, 2.45) is 4.99 Å². The molecule has 0 spiro atoms. The number of guanidine groups is 1. The molecule has 40 heavy (non-hydrogen) atoms. The molecular weight excluding hydrogens is 534 g/mol. The highest BCUT2D eigenvalue weighted by Crippen LogP contribution is 2.37. The van der Waals surface area contributed by atoms with E-state index in [9.17, 15) is 19.5 Å². The van der Waals surface area contributed by atoms with Crippen molar-refractivity contribution in [2.75, 3.05) is 23.7 Å². The summed E-state index contributed by atoms with van der Waals surface area (Å²) in [6.07, 6.45) is 1.30. The minimum atomic E-state index is -1.01. The van der Waals surface area contributed by atoms with Gasteiger partial charge in [-0.05, 0) is 59.7 Å². The fourth-order valence-electron chi connectivity index (χ4n) is 5.04. The lowest BCUT2D eigenvalue weighted by atomic mass is 9.98. The second-order valence-electron chi connectivity index (χ2n) is 9.41. The molecule has 10 nitrogen and oxygen atoms in total. The number of anilines is 2. The maximum absolute atomic E-state index is 13.5. The van der Waals surface area contributed by atoms with Gasteiger partial charge in [-0.2, -0.15) is 0 Å². The average Bonchev–Trinajstić information content (AvgIpc) is 3.69. The Morgan fingerprint density at radius 3 is 2.62 bits per heavy atom. The summed E-state index contributed by atoms with van der Waals surface area (Å²) in [5.41, 5.74) is 4.30. The van der Waals surface area contributed by atoms with Crippen LogP contribution in [0.2, 0.25) is 0 Å². The number of aliphatic carboxylic acids is 1. The van der Waals surface area contributed by atoms with Gasteiger partial charge >= 0.3 is 5.97 Å². The van der Waals surface area contributed by atoms with Crippen LogP contribution in [0, 0.1) is 0 Å².